The Morgan fingerprint density at radius 3 is 3.18 bits per heavy atom. The zero-order chi connectivity index (χ0) is 7.84. The Labute approximate surface area is 67.9 Å². The van der Waals surface area contributed by atoms with Crippen LogP contribution in [0.2, 0.25) is 0 Å². The molecule has 2 aromatic heterocycles. The monoisotopic (exact) mass is 167 g/mol. The van der Waals surface area contributed by atoms with E-state index in [0.717, 1.165) is 0 Å². The molecule has 0 atom stereocenters. The molecule has 0 spiro atoms. The third-order valence-corrected chi connectivity index (χ3v) is 1.56. The Hall–Kier alpha value is -1.23. The van der Waals surface area contributed by atoms with Crippen molar-refractivity contribution in [3.63, 3.8) is 0 Å². The van der Waals surface area contributed by atoms with E-state index in [2.05, 4.69) is 22.7 Å². The van der Waals surface area contributed by atoms with Crippen LogP contribution in [0.3, 0.4) is 0 Å². The lowest BCUT2D eigenvalue weighted by Gasteiger charge is -1.96. The number of aromatic nitrogens is 3. The van der Waals surface area contributed by atoms with Crippen molar-refractivity contribution in [1.29, 1.82) is 0 Å². The molecule has 2 rings (SSSR count). The summed E-state index contributed by atoms with van der Waals surface area (Å²) >= 11 is 3.99. The average molecular weight is 167 g/mol. The standard InChI is InChI=1S/C6H5N3OS/c10-6-3-5(11)8-4-1-2-7-9(4)6/h1-3,10H,(H,8,11). The van der Waals surface area contributed by atoms with Gasteiger partial charge in [0.2, 0.25) is 5.88 Å². The molecule has 0 saturated heterocycles. The summed E-state index contributed by atoms with van der Waals surface area (Å²) in [5.41, 5.74) is 0.593. The van der Waals surface area contributed by atoms with Crippen LogP contribution in [-0.2, 0) is 0 Å². The smallest absolute Gasteiger partial charge is 0.216 e. The molecule has 0 saturated carbocycles. The average Bonchev–Trinajstić information content (AvgIpc) is 2.34. The van der Waals surface area contributed by atoms with E-state index in [4.69, 9.17) is 0 Å². The molecule has 0 aliphatic rings. The number of hydrogen-bond acceptors (Lipinski definition) is 4. The third-order valence-electron chi connectivity index (χ3n) is 1.33. The molecule has 0 aromatic carbocycles. The van der Waals surface area contributed by atoms with Gasteiger partial charge in [0.15, 0.2) is 5.65 Å². The molecule has 11 heavy (non-hydrogen) atoms. The largest absolute Gasteiger partial charge is 0.493 e. The minimum Gasteiger partial charge on any atom is -0.493 e. The van der Waals surface area contributed by atoms with Crippen LogP contribution in [0.1, 0.15) is 0 Å². The van der Waals surface area contributed by atoms with Crippen LogP contribution in [0.4, 0.5) is 0 Å². The number of hydrogen-bond donors (Lipinski definition) is 2. The van der Waals surface area contributed by atoms with Gasteiger partial charge in [-0.1, -0.05) is 0 Å². The highest BCUT2D eigenvalue weighted by atomic mass is 32.1. The Bertz CT molecular complexity index is 398. The van der Waals surface area contributed by atoms with E-state index in [1.165, 1.54) is 10.6 Å². The first kappa shape index (κ1) is 6.48. The first-order valence-electron chi connectivity index (χ1n) is 3.00. The molecular weight excluding hydrogens is 162 g/mol. The Morgan fingerprint density at radius 1 is 1.55 bits per heavy atom. The number of fused-ring (bicyclic) bond motifs is 1. The van der Waals surface area contributed by atoms with Gasteiger partial charge in [-0.2, -0.15) is 9.61 Å². The van der Waals surface area contributed by atoms with Crippen molar-refractivity contribution in [2.75, 3.05) is 0 Å². The Balaban J connectivity index is 2.91. The second kappa shape index (κ2) is 2.13. The summed E-state index contributed by atoms with van der Waals surface area (Å²) in [6.45, 7) is 0. The Kier molecular flexibility index (Phi) is 1.25. The van der Waals surface area contributed by atoms with E-state index in [-0.39, 0.29) is 5.88 Å². The highest BCUT2D eigenvalue weighted by Gasteiger charge is 2.00. The van der Waals surface area contributed by atoms with Crippen LogP contribution >= 0.6 is 12.6 Å². The molecule has 2 heterocycles. The minimum absolute atomic E-state index is 0.0463. The molecule has 2 aromatic rings. The van der Waals surface area contributed by atoms with Crippen LogP contribution in [0, 0.1) is 0 Å². The summed E-state index contributed by atoms with van der Waals surface area (Å²) in [6, 6.07) is 3.13. The predicted molar refractivity (Wildman–Crippen MR) is 41.9 cm³/mol. The second-order valence-electron chi connectivity index (χ2n) is 2.07. The van der Waals surface area contributed by atoms with E-state index in [1.807, 2.05) is 0 Å². The molecule has 0 radical (unpaired) electrons. The van der Waals surface area contributed by atoms with Gasteiger partial charge in [0.05, 0.1) is 6.20 Å². The summed E-state index contributed by atoms with van der Waals surface area (Å²) in [5.74, 6) is 0.0463. The van der Waals surface area contributed by atoms with Gasteiger partial charge in [-0.3, -0.25) is 0 Å². The highest BCUT2D eigenvalue weighted by molar-refractivity contribution is 7.80. The van der Waals surface area contributed by atoms with Crippen LogP contribution in [0.25, 0.3) is 5.65 Å². The number of nitrogens with zero attached hydrogens (tertiary/aromatic N) is 3. The van der Waals surface area contributed by atoms with Crippen LogP contribution in [0.15, 0.2) is 23.4 Å². The molecule has 0 unspecified atom stereocenters. The lowest BCUT2D eigenvalue weighted by atomic mass is 10.6. The third kappa shape index (κ3) is 0.932. The van der Waals surface area contributed by atoms with Gasteiger partial charge in [-0.05, 0) is 0 Å². The summed E-state index contributed by atoms with van der Waals surface area (Å²) in [5, 5.41) is 13.6. The second-order valence-corrected chi connectivity index (χ2v) is 2.53. The Morgan fingerprint density at radius 2 is 2.36 bits per heavy atom. The number of thiol groups is 1. The molecule has 0 amide bonds. The molecule has 0 aliphatic heterocycles. The van der Waals surface area contributed by atoms with Gasteiger partial charge in [0, 0.05) is 12.1 Å². The van der Waals surface area contributed by atoms with Gasteiger partial charge < -0.3 is 5.11 Å². The van der Waals surface area contributed by atoms with Gasteiger partial charge in [0.25, 0.3) is 0 Å². The zero-order valence-corrected chi connectivity index (χ0v) is 6.36. The van der Waals surface area contributed by atoms with Crippen LogP contribution in [-0.4, -0.2) is 19.7 Å². The predicted octanol–water partition coefficient (Wildman–Crippen LogP) is 0.724. The summed E-state index contributed by atoms with van der Waals surface area (Å²) < 4.78 is 1.33. The SMILES string of the molecule is Oc1cc(S)nc2ccnn12. The fraction of sp³-hybridized carbons (Fsp3) is 0. The molecule has 0 bridgehead atoms. The van der Waals surface area contributed by atoms with Crippen molar-refractivity contribution in [1.82, 2.24) is 14.6 Å². The lowest BCUT2D eigenvalue weighted by Crippen LogP contribution is -1.90. The molecule has 0 fully saturated rings. The normalized spacial score (nSPS) is 10.6. The lowest BCUT2D eigenvalue weighted by molar-refractivity contribution is 0.433. The van der Waals surface area contributed by atoms with Crippen LogP contribution < -0.4 is 0 Å². The number of rotatable bonds is 0. The van der Waals surface area contributed by atoms with Crippen molar-refractivity contribution in [3.8, 4) is 5.88 Å². The van der Waals surface area contributed by atoms with Crippen molar-refractivity contribution >= 4 is 18.3 Å². The molecule has 0 aliphatic carbocycles. The quantitative estimate of drug-likeness (QED) is 0.449. The van der Waals surface area contributed by atoms with Gasteiger partial charge in [0.1, 0.15) is 5.03 Å². The maximum Gasteiger partial charge on any atom is 0.216 e. The summed E-state index contributed by atoms with van der Waals surface area (Å²) in [6.07, 6.45) is 1.56. The summed E-state index contributed by atoms with van der Waals surface area (Å²) in [7, 11) is 0. The van der Waals surface area contributed by atoms with E-state index in [1.54, 1.807) is 12.3 Å². The zero-order valence-electron chi connectivity index (χ0n) is 5.47. The maximum atomic E-state index is 9.25. The van der Waals surface area contributed by atoms with Crippen molar-refractivity contribution < 1.29 is 5.11 Å². The van der Waals surface area contributed by atoms with Crippen molar-refractivity contribution in [2.24, 2.45) is 0 Å². The molecule has 4 nitrogen and oxygen atoms in total. The molecular formula is C6H5N3OS. The van der Waals surface area contributed by atoms with E-state index in [0.29, 0.717) is 10.7 Å². The van der Waals surface area contributed by atoms with E-state index in [9.17, 15) is 5.11 Å². The molecule has 1 N–H and O–H groups in total. The van der Waals surface area contributed by atoms with Crippen LogP contribution in [0.5, 0.6) is 5.88 Å². The van der Waals surface area contributed by atoms with Gasteiger partial charge in [-0.25, -0.2) is 4.98 Å². The fourth-order valence-electron chi connectivity index (χ4n) is 0.884. The minimum atomic E-state index is 0.0463. The van der Waals surface area contributed by atoms with Crippen molar-refractivity contribution in [3.05, 3.63) is 18.3 Å². The van der Waals surface area contributed by atoms with E-state index >= 15 is 0 Å². The molecule has 5 heteroatoms. The molecule has 56 valence electrons. The van der Waals surface area contributed by atoms with E-state index < -0.39 is 0 Å². The first-order valence-corrected chi connectivity index (χ1v) is 3.45. The fourth-order valence-corrected chi connectivity index (χ4v) is 1.10. The number of aromatic hydroxyl groups is 1. The summed E-state index contributed by atoms with van der Waals surface area (Å²) in [4.78, 5) is 4.00. The maximum absolute atomic E-state index is 9.25. The van der Waals surface area contributed by atoms with Gasteiger partial charge >= 0.3 is 0 Å². The topological polar surface area (TPSA) is 50.4 Å². The highest BCUT2D eigenvalue weighted by Crippen LogP contribution is 2.14. The first-order chi connectivity index (χ1) is 5.27. The van der Waals surface area contributed by atoms with Gasteiger partial charge in [-0.15, -0.1) is 12.6 Å². The van der Waals surface area contributed by atoms with Crippen molar-refractivity contribution in [2.45, 2.75) is 5.03 Å².